The molecule has 0 aliphatic carbocycles. The van der Waals surface area contributed by atoms with Crippen molar-refractivity contribution in [2.45, 2.75) is 23.6 Å². The predicted octanol–water partition coefficient (Wildman–Crippen LogP) is 2.51. The van der Waals surface area contributed by atoms with Gasteiger partial charge in [0, 0.05) is 0 Å². The highest BCUT2D eigenvalue weighted by atomic mass is 32.2. The second-order valence-electron chi connectivity index (χ2n) is 7.53. The molecule has 0 unspecified atom stereocenters. The van der Waals surface area contributed by atoms with Crippen LogP contribution in [0.15, 0.2) is 69.0 Å². The molecular formula is C21H24N6O8S2. The summed E-state index contributed by atoms with van der Waals surface area (Å²) < 4.78 is 64.3. The third-order valence-electron chi connectivity index (χ3n) is 5.19. The van der Waals surface area contributed by atoms with Crippen molar-refractivity contribution in [3.05, 3.63) is 65.4 Å². The van der Waals surface area contributed by atoms with E-state index in [1.807, 2.05) is 0 Å². The Hall–Kier alpha value is -3.93. The minimum atomic E-state index is -4.39. The molecule has 2 aromatic carbocycles. The van der Waals surface area contributed by atoms with Crippen molar-refractivity contribution in [1.82, 2.24) is 22.1 Å². The number of hydrogen-bond donors (Lipinski definition) is 5. The zero-order valence-electron chi connectivity index (χ0n) is 19.6. The summed E-state index contributed by atoms with van der Waals surface area (Å²) in [5.41, 5.74) is 1.66. The van der Waals surface area contributed by atoms with E-state index < -0.39 is 26.1 Å². The monoisotopic (exact) mass is 552 g/mol. The van der Waals surface area contributed by atoms with Gasteiger partial charge in [-0.3, -0.25) is 13.9 Å². The van der Waals surface area contributed by atoms with E-state index in [1.54, 1.807) is 13.8 Å². The number of aromatic nitrogens is 2. The number of carbonyl (C=O) groups is 1. The van der Waals surface area contributed by atoms with E-state index in [-0.39, 0.29) is 44.8 Å². The molecule has 1 amide bonds. The summed E-state index contributed by atoms with van der Waals surface area (Å²) >= 11 is 0. The van der Waals surface area contributed by atoms with Crippen LogP contribution in [-0.4, -0.2) is 52.4 Å². The predicted molar refractivity (Wildman–Crippen MR) is 135 cm³/mol. The largest absolute Gasteiger partial charge is 0.493 e. The fourth-order valence-corrected chi connectivity index (χ4v) is 4.36. The van der Waals surface area contributed by atoms with Gasteiger partial charge in [-0.25, -0.2) is 4.68 Å². The van der Waals surface area contributed by atoms with Crippen molar-refractivity contribution < 1.29 is 35.8 Å². The molecular weight excluding hydrogens is 528 g/mol. The smallest absolute Gasteiger partial charge is 0.294 e. The highest BCUT2D eigenvalue weighted by Crippen LogP contribution is 2.31. The molecule has 1 aromatic heterocycles. The first-order valence-corrected chi connectivity index (χ1v) is 12.7. The van der Waals surface area contributed by atoms with E-state index >= 15 is 0 Å². The van der Waals surface area contributed by atoms with Crippen molar-refractivity contribution in [2.24, 2.45) is 5.10 Å². The summed E-state index contributed by atoms with van der Waals surface area (Å²) in [6, 6.07) is 9.91. The fraction of sp³-hybridized carbons (Fsp3) is 0.0952. The van der Waals surface area contributed by atoms with E-state index in [0.717, 1.165) is 34.0 Å². The number of aryl methyl sites for hydroxylation is 1. The molecule has 0 fully saturated rings. The Morgan fingerprint density at radius 2 is 1.27 bits per heavy atom. The van der Waals surface area contributed by atoms with Gasteiger partial charge >= 0.3 is 0 Å². The van der Waals surface area contributed by atoms with Gasteiger partial charge < -0.3 is 17.4 Å². The molecule has 0 bridgehead atoms. The van der Waals surface area contributed by atoms with Gasteiger partial charge in [-0.1, -0.05) is 0 Å². The van der Waals surface area contributed by atoms with Crippen LogP contribution in [0.25, 0.3) is 11.8 Å². The van der Waals surface area contributed by atoms with Gasteiger partial charge in [0.2, 0.25) is 5.88 Å². The SMILES string of the molecule is CC1=NN(c2ccc(S(=O)(=O)O)cc2)C(=O)/C1=C/c1c(C)nn(-c2ccc(S(=O)(=O)O)cc2)c1O.N.N. The fourth-order valence-electron chi connectivity index (χ4n) is 3.40. The molecule has 16 heteroatoms. The third kappa shape index (κ3) is 5.58. The van der Waals surface area contributed by atoms with Crippen molar-refractivity contribution >= 4 is 43.6 Å². The normalized spacial score (nSPS) is 14.8. The Kier molecular flexibility index (Phi) is 8.08. The van der Waals surface area contributed by atoms with Gasteiger partial charge in [-0.05, 0) is 68.5 Å². The second kappa shape index (κ2) is 10.2. The highest BCUT2D eigenvalue weighted by Gasteiger charge is 2.30. The van der Waals surface area contributed by atoms with E-state index in [0.29, 0.717) is 17.1 Å². The molecule has 14 nitrogen and oxygen atoms in total. The molecule has 4 rings (SSSR count). The summed E-state index contributed by atoms with van der Waals surface area (Å²) in [5.74, 6) is -0.850. The molecule has 9 N–H and O–H groups in total. The average Bonchev–Trinajstić information content (AvgIpc) is 3.23. The summed E-state index contributed by atoms with van der Waals surface area (Å²) in [5, 5.41) is 20.2. The average molecular weight is 553 g/mol. The molecule has 37 heavy (non-hydrogen) atoms. The zero-order chi connectivity index (χ0) is 25.7. The van der Waals surface area contributed by atoms with Gasteiger partial charge in [0.15, 0.2) is 0 Å². The maximum atomic E-state index is 13.0. The van der Waals surface area contributed by atoms with E-state index in [2.05, 4.69) is 10.2 Å². The molecule has 0 saturated heterocycles. The molecule has 0 radical (unpaired) electrons. The number of anilines is 1. The molecule has 0 saturated carbocycles. The Morgan fingerprint density at radius 3 is 1.73 bits per heavy atom. The lowest BCUT2D eigenvalue weighted by atomic mass is 10.1. The molecule has 1 aliphatic heterocycles. The standard InChI is InChI=1S/C21H18N4O8S2.2H3N/c1-12-18(20(26)24(22-12)14-3-7-16(8-4-14)34(28,29)30)11-19-13(2)23-25(21(19)27)15-5-9-17(10-6-15)35(31,32)33;;/h3-11,26H,1-2H3,(H,28,29,30)(H,31,32,33);2*1H3/b19-11+;;. The first kappa shape index (κ1) is 29.3. The van der Waals surface area contributed by atoms with Crippen molar-refractivity contribution in [1.29, 1.82) is 0 Å². The number of aromatic hydroxyl groups is 1. The molecule has 0 spiro atoms. The first-order valence-electron chi connectivity index (χ1n) is 9.83. The van der Waals surface area contributed by atoms with E-state index in [4.69, 9.17) is 9.11 Å². The summed E-state index contributed by atoms with van der Waals surface area (Å²) in [6.07, 6.45) is 1.41. The Bertz CT molecular complexity index is 1630. The van der Waals surface area contributed by atoms with E-state index in [9.17, 15) is 26.7 Å². The number of benzene rings is 2. The van der Waals surface area contributed by atoms with Crippen LogP contribution in [-0.2, 0) is 25.0 Å². The number of hydrogen-bond acceptors (Lipinski definition) is 10. The topological polar surface area (TPSA) is 249 Å². The number of hydrazone groups is 1. The van der Waals surface area contributed by atoms with Gasteiger partial charge in [0.1, 0.15) is 0 Å². The van der Waals surface area contributed by atoms with Crippen LogP contribution in [0.1, 0.15) is 18.2 Å². The minimum absolute atomic E-state index is 0. The van der Waals surface area contributed by atoms with Crippen LogP contribution in [0.3, 0.4) is 0 Å². The Balaban J connectivity index is 0.00000241. The summed E-state index contributed by atoms with van der Waals surface area (Å²) in [4.78, 5) is 12.4. The first-order chi connectivity index (χ1) is 16.3. The van der Waals surface area contributed by atoms with Crippen LogP contribution < -0.4 is 17.3 Å². The van der Waals surface area contributed by atoms with Crippen LogP contribution >= 0.6 is 0 Å². The number of amides is 1. The van der Waals surface area contributed by atoms with Crippen LogP contribution in [0.4, 0.5) is 5.69 Å². The van der Waals surface area contributed by atoms with E-state index in [1.165, 1.54) is 30.3 Å². The van der Waals surface area contributed by atoms with Gasteiger partial charge in [0.05, 0.1) is 43.7 Å². The van der Waals surface area contributed by atoms with Crippen LogP contribution in [0.2, 0.25) is 0 Å². The van der Waals surface area contributed by atoms with Gasteiger partial charge in [-0.15, -0.1) is 0 Å². The van der Waals surface area contributed by atoms with Crippen LogP contribution in [0, 0.1) is 6.92 Å². The zero-order valence-corrected chi connectivity index (χ0v) is 21.2. The lowest BCUT2D eigenvalue weighted by Gasteiger charge is -2.12. The lowest BCUT2D eigenvalue weighted by molar-refractivity contribution is -0.114. The Morgan fingerprint density at radius 1 is 0.811 bits per heavy atom. The maximum Gasteiger partial charge on any atom is 0.294 e. The number of nitrogens with zero attached hydrogens (tertiary/aromatic N) is 4. The molecule has 3 aromatic rings. The molecule has 1 aliphatic rings. The summed E-state index contributed by atoms with van der Waals surface area (Å²) in [6.45, 7) is 3.19. The van der Waals surface area contributed by atoms with Crippen LogP contribution in [0.5, 0.6) is 5.88 Å². The lowest BCUT2D eigenvalue weighted by Crippen LogP contribution is -2.21. The third-order valence-corrected chi connectivity index (χ3v) is 6.93. The minimum Gasteiger partial charge on any atom is -0.493 e. The second-order valence-corrected chi connectivity index (χ2v) is 10.4. The summed E-state index contributed by atoms with van der Waals surface area (Å²) in [7, 11) is -8.77. The highest BCUT2D eigenvalue weighted by molar-refractivity contribution is 7.86. The number of rotatable bonds is 5. The number of carbonyl (C=O) groups excluding carboxylic acids is 1. The van der Waals surface area contributed by atoms with Crippen molar-refractivity contribution in [3.63, 3.8) is 0 Å². The van der Waals surface area contributed by atoms with Crippen molar-refractivity contribution in [3.8, 4) is 11.6 Å². The molecule has 2 heterocycles. The van der Waals surface area contributed by atoms with Gasteiger partial charge in [-0.2, -0.15) is 32.0 Å². The molecule has 0 atom stereocenters. The Labute approximate surface area is 212 Å². The molecule has 198 valence electrons. The maximum absolute atomic E-state index is 13.0. The van der Waals surface area contributed by atoms with Gasteiger partial charge in [0.25, 0.3) is 26.1 Å². The van der Waals surface area contributed by atoms with Crippen molar-refractivity contribution in [2.75, 3.05) is 5.01 Å². The quantitative estimate of drug-likeness (QED) is 0.227.